The van der Waals surface area contributed by atoms with E-state index in [1.54, 1.807) is 19.1 Å². The molecule has 0 aliphatic heterocycles. The minimum absolute atomic E-state index is 0.125. The molecule has 6 nitrogen and oxygen atoms in total. The number of nitrogens with one attached hydrogen (secondary N) is 2. The molecule has 0 radical (unpaired) electrons. The van der Waals surface area contributed by atoms with Gasteiger partial charge in [0, 0.05) is 18.0 Å². The Morgan fingerprint density at radius 1 is 1.35 bits per heavy atom. The van der Waals surface area contributed by atoms with Gasteiger partial charge in [-0.2, -0.15) is 0 Å². The lowest BCUT2D eigenvalue weighted by Gasteiger charge is -2.08. The number of hydrazine groups is 1. The Morgan fingerprint density at radius 3 is 2.76 bits per heavy atom. The summed E-state index contributed by atoms with van der Waals surface area (Å²) in [5, 5.41) is 3.47. The molecule has 1 aromatic carbocycles. The quantitative estimate of drug-likeness (QED) is 0.533. The highest BCUT2D eigenvalue weighted by molar-refractivity contribution is 5.95. The molecule has 0 saturated heterocycles. The zero-order chi connectivity index (χ0) is 12.4. The maximum Gasteiger partial charge on any atom is 0.221 e. The molecule has 17 heavy (non-hydrogen) atoms. The van der Waals surface area contributed by atoms with Crippen molar-refractivity contribution >= 4 is 28.3 Å². The molecule has 0 saturated carbocycles. The maximum absolute atomic E-state index is 11.0. The van der Waals surface area contributed by atoms with Crippen molar-refractivity contribution in [1.29, 1.82) is 0 Å². The van der Waals surface area contributed by atoms with Crippen molar-refractivity contribution in [1.82, 2.24) is 9.97 Å². The summed E-state index contributed by atoms with van der Waals surface area (Å²) in [6.45, 7) is 3.25. The Morgan fingerprint density at radius 2 is 2.12 bits per heavy atom. The molecule has 1 aromatic heterocycles. The molecule has 1 heterocycles. The minimum Gasteiger partial charge on any atom is -0.326 e. The van der Waals surface area contributed by atoms with Crippen molar-refractivity contribution < 1.29 is 4.79 Å². The molecule has 2 aromatic rings. The van der Waals surface area contributed by atoms with Crippen molar-refractivity contribution in [3.8, 4) is 0 Å². The second-order valence-corrected chi connectivity index (χ2v) is 3.68. The van der Waals surface area contributed by atoms with Gasteiger partial charge in [0.15, 0.2) is 5.82 Å². The van der Waals surface area contributed by atoms with E-state index in [9.17, 15) is 4.79 Å². The van der Waals surface area contributed by atoms with Gasteiger partial charge in [0.05, 0.1) is 5.52 Å². The van der Waals surface area contributed by atoms with Gasteiger partial charge in [0.2, 0.25) is 5.91 Å². The number of nitrogen functional groups attached to an aromatic ring is 1. The van der Waals surface area contributed by atoms with E-state index in [0.29, 0.717) is 17.3 Å². The third-order valence-corrected chi connectivity index (χ3v) is 2.26. The largest absolute Gasteiger partial charge is 0.326 e. The summed E-state index contributed by atoms with van der Waals surface area (Å²) in [5.41, 5.74) is 3.99. The molecule has 0 bridgehead atoms. The van der Waals surface area contributed by atoms with Crippen LogP contribution in [0, 0.1) is 6.92 Å². The van der Waals surface area contributed by atoms with Gasteiger partial charge in [0.1, 0.15) is 5.82 Å². The number of rotatable bonds is 2. The van der Waals surface area contributed by atoms with Crippen molar-refractivity contribution in [2.45, 2.75) is 13.8 Å². The van der Waals surface area contributed by atoms with Crippen LogP contribution in [0.25, 0.3) is 10.9 Å². The average molecular weight is 231 g/mol. The second kappa shape index (κ2) is 4.34. The number of carbonyl (C=O) groups is 1. The van der Waals surface area contributed by atoms with E-state index in [0.717, 1.165) is 10.9 Å². The number of hydrogen-bond donors (Lipinski definition) is 3. The fraction of sp³-hybridized carbons (Fsp3) is 0.182. The van der Waals surface area contributed by atoms with Crippen LogP contribution in [0.15, 0.2) is 18.2 Å². The average Bonchev–Trinajstić information content (AvgIpc) is 2.27. The van der Waals surface area contributed by atoms with Crippen LogP contribution < -0.4 is 16.6 Å². The summed E-state index contributed by atoms with van der Waals surface area (Å²) in [7, 11) is 0. The second-order valence-electron chi connectivity index (χ2n) is 3.68. The topological polar surface area (TPSA) is 92.9 Å². The minimum atomic E-state index is -0.125. The number of carbonyl (C=O) groups excluding carboxylic acids is 1. The van der Waals surface area contributed by atoms with E-state index in [4.69, 9.17) is 5.84 Å². The summed E-state index contributed by atoms with van der Waals surface area (Å²) >= 11 is 0. The standard InChI is InChI=1S/C11H13N5O/c1-6-13-10-4-3-8(15-7(2)17)5-9(10)11(14-6)16-12/h3-5H,12H2,1-2H3,(H,15,17)(H,13,14,16). The molecule has 0 spiro atoms. The zero-order valence-corrected chi connectivity index (χ0v) is 9.61. The number of fused-ring (bicyclic) bond motifs is 1. The van der Waals surface area contributed by atoms with E-state index in [2.05, 4.69) is 20.7 Å². The highest BCUT2D eigenvalue weighted by atomic mass is 16.1. The number of nitrogens with zero attached hydrogens (tertiary/aromatic N) is 2. The number of amides is 1. The van der Waals surface area contributed by atoms with Gasteiger partial charge < -0.3 is 10.7 Å². The first-order valence-corrected chi connectivity index (χ1v) is 5.13. The highest BCUT2D eigenvalue weighted by Gasteiger charge is 2.06. The normalized spacial score (nSPS) is 10.3. The third kappa shape index (κ3) is 2.31. The van der Waals surface area contributed by atoms with Crippen LogP contribution in [-0.4, -0.2) is 15.9 Å². The number of aryl methyl sites for hydroxylation is 1. The molecule has 0 unspecified atom stereocenters. The SMILES string of the molecule is CC(=O)Nc1ccc2nc(C)nc(NN)c2c1. The van der Waals surface area contributed by atoms with E-state index in [1.807, 2.05) is 6.07 Å². The fourth-order valence-corrected chi connectivity index (χ4v) is 1.64. The smallest absolute Gasteiger partial charge is 0.221 e. The maximum atomic E-state index is 11.0. The van der Waals surface area contributed by atoms with Gasteiger partial charge >= 0.3 is 0 Å². The zero-order valence-electron chi connectivity index (χ0n) is 9.61. The third-order valence-electron chi connectivity index (χ3n) is 2.26. The van der Waals surface area contributed by atoms with Gasteiger partial charge in [-0.3, -0.25) is 4.79 Å². The first kappa shape index (κ1) is 11.3. The van der Waals surface area contributed by atoms with Gasteiger partial charge in [0.25, 0.3) is 0 Å². The van der Waals surface area contributed by atoms with Crippen LogP contribution in [0.4, 0.5) is 11.5 Å². The molecule has 0 aliphatic carbocycles. The molecule has 1 amide bonds. The summed E-state index contributed by atoms with van der Waals surface area (Å²) in [6, 6.07) is 5.39. The summed E-state index contributed by atoms with van der Waals surface area (Å²) in [5.74, 6) is 6.46. The molecular weight excluding hydrogens is 218 g/mol. The van der Waals surface area contributed by atoms with Gasteiger partial charge in [-0.25, -0.2) is 15.8 Å². The summed E-state index contributed by atoms with van der Waals surface area (Å²) < 4.78 is 0. The Kier molecular flexibility index (Phi) is 2.88. The van der Waals surface area contributed by atoms with E-state index >= 15 is 0 Å². The Hall–Kier alpha value is -2.21. The Balaban J connectivity index is 2.59. The van der Waals surface area contributed by atoms with Crippen LogP contribution >= 0.6 is 0 Å². The molecule has 88 valence electrons. The Labute approximate surface area is 98.2 Å². The first-order chi connectivity index (χ1) is 8.10. The number of benzene rings is 1. The van der Waals surface area contributed by atoms with Crippen LogP contribution in [0.2, 0.25) is 0 Å². The van der Waals surface area contributed by atoms with Crippen molar-refractivity contribution in [2.24, 2.45) is 5.84 Å². The number of anilines is 2. The van der Waals surface area contributed by atoms with E-state index in [-0.39, 0.29) is 5.91 Å². The number of hydrogen-bond acceptors (Lipinski definition) is 5. The van der Waals surface area contributed by atoms with Crippen molar-refractivity contribution in [3.63, 3.8) is 0 Å². The van der Waals surface area contributed by atoms with Crippen LogP contribution in [0.3, 0.4) is 0 Å². The molecule has 2 rings (SSSR count). The van der Waals surface area contributed by atoms with Gasteiger partial charge in [-0.1, -0.05) is 0 Å². The fourth-order valence-electron chi connectivity index (χ4n) is 1.64. The lowest BCUT2D eigenvalue weighted by Crippen LogP contribution is -2.11. The number of aromatic nitrogens is 2. The lowest BCUT2D eigenvalue weighted by molar-refractivity contribution is -0.114. The van der Waals surface area contributed by atoms with Crippen molar-refractivity contribution in [2.75, 3.05) is 10.7 Å². The Bertz CT molecular complexity index is 581. The molecule has 4 N–H and O–H groups in total. The summed E-state index contributed by atoms with van der Waals surface area (Å²) in [4.78, 5) is 19.4. The van der Waals surface area contributed by atoms with Crippen molar-refractivity contribution in [3.05, 3.63) is 24.0 Å². The van der Waals surface area contributed by atoms with Gasteiger partial charge in [-0.05, 0) is 25.1 Å². The van der Waals surface area contributed by atoms with Crippen LogP contribution in [-0.2, 0) is 4.79 Å². The monoisotopic (exact) mass is 231 g/mol. The molecule has 0 atom stereocenters. The first-order valence-electron chi connectivity index (χ1n) is 5.13. The molecular formula is C11H13N5O. The van der Waals surface area contributed by atoms with Crippen LogP contribution in [0.5, 0.6) is 0 Å². The van der Waals surface area contributed by atoms with Crippen LogP contribution in [0.1, 0.15) is 12.7 Å². The molecule has 0 fully saturated rings. The number of nitrogens with two attached hydrogens (primary N) is 1. The molecule has 0 aliphatic rings. The molecule has 6 heteroatoms. The highest BCUT2D eigenvalue weighted by Crippen LogP contribution is 2.23. The summed E-state index contributed by atoms with van der Waals surface area (Å²) in [6.07, 6.45) is 0. The van der Waals surface area contributed by atoms with E-state index in [1.165, 1.54) is 6.92 Å². The van der Waals surface area contributed by atoms with Gasteiger partial charge in [-0.15, -0.1) is 0 Å². The van der Waals surface area contributed by atoms with E-state index < -0.39 is 0 Å². The predicted octanol–water partition coefficient (Wildman–Crippen LogP) is 1.18. The predicted molar refractivity (Wildman–Crippen MR) is 66.4 cm³/mol. The lowest BCUT2D eigenvalue weighted by atomic mass is 10.2.